The van der Waals surface area contributed by atoms with Crippen molar-refractivity contribution in [2.75, 3.05) is 13.2 Å². The van der Waals surface area contributed by atoms with E-state index < -0.39 is 6.72 Å². The number of hydrogen-bond acceptors (Lipinski definition) is 9. The van der Waals surface area contributed by atoms with E-state index in [2.05, 4.69) is 197 Å². The zero-order valence-corrected chi connectivity index (χ0v) is 53.6. The van der Waals surface area contributed by atoms with Crippen molar-refractivity contribution in [2.24, 2.45) is 0 Å². The van der Waals surface area contributed by atoms with Crippen LogP contribution in [0, 0.1) is 0 Å². The third-order valence-electron chi connectivity index (χ3n) is 15.8. The molecule has 6 aromatic carbocycles. The average molecular weight is 1130 g/mol. The smallest absolute Gasteiger partial charge is 0.380 e. The molecule has 0 unspecified atom stereocenters. The highest BCUT2D eigenvalue weighted by Crippen LogP contribution is 2.53. The fraction of sp³-hybridized carbons (Fsp3) is 0.486. The lowest BCUT2D eigenvalue weighted by Gasteiger charge is -2.29. The van der Waals surface area contributed by atoms with Crippen LogP contribution < -0.4 is 4.52 Å². The molecule has 10 heteroatoms. The Kier molecular flexibility index (Phi) is 17.5. The van der Waals surface area contributed by atoms with Gasteiger partial charge in [-0.05, 0) is 146 Å². The molecule has 0 aromatic heterocycles. The maximum atomic E-state index is 12.8. The van der Waals surface area contributed by atoms with Gasteiger partial charge >= 0.3 is 6.72 Å². The molecule has 80 heavy (non-hydrogen) atoms. The number of phenols is 5. The van der Waals surface area contributed by atoms with Crippen LogP contribution >= 0.6 is 6.72 Å². The van der Waals surface area contributed by atoms with E-state index in [0.717, 1.165) is 44.5 Å². The Labute approximate surface area is 485 Å². The van der Waals surface area contributed by atoms with E-state index in [-0.39, 0.29) is 113 Å². The van der Waals surface area contributed by atoms with Gasteiger partial charge < -0.3 is 30.1 Å². The standard InChI is InChI=1S/C70H93O8PS/c1-21-76-79(80,77-22-2)78-64-51-27-49-37-56(68(12,13)14)35-47(62(49)74)25-45-33-54(66(6,7)8)31-43(60(45)72)23-41-29-53(65(3,4)5)30-42(59(41)71)24-44-32-55(67(9,10)11)34-46(61(44)73)26-48-36-57(69(15,16)17)38-50(63(48)75)28-52(64)40-58(39-51)70(18,19)20/h29-40,71-75H,21-28H2,1-20H3. The van der Waals surface area contributed by atoms with Crippen LogP contribution in [0.4, 0.5) is 0 Å². The Morgan fingerprint density at radius 3 is 0.613 bits per heavy atom. The summed E-state index contributed by atoms with van der Waals surface area (Å²) in [6, 6.07) is 24.9. The largest absolute Gasteiger partial charge is 0.507 e. The summed E-state index contributed by atoms with van der Waals surface area (Å²) in [6.45, 7) is 39.7. The van der Waals surface area contributed by atoms with Gasteiger partial charge in [0, 0.05) is 50.3 Å². The number of phenolic OH excluding ortho intramolecular Hbond substituents is 5. The van der Waals surface area contributed by atoms with Gasteiger partial charge in [-0.3, -0.25) is 9.05 Å². The Morgan fingerprint density at radius 2 is 0.463 bits per heavy atom. The fourth-order valence-corrected chi connectivity index (χ4v) is 12.8. The first-order valence-corrected chi connectivity index (χ1v) is 31.3. The molecule has 8 nitrogen and oxygen atoms in total. The van der Waals surface area contributed by atoms with Gasteiger partial charge in [-0.15, -0.1) is 0 Å². The first-order valence-electron chi connectivity index (χ1n) is 28.7. The molecule has 432 valence electrons. The van der Waals surface area contributed by atoms with E-state index in [1.165, 1.54) is 0 Å². The summed E-state index contributed by atoms with van der Waals surface area (Å²) >= 11 is 6.20. The molecule has 0 fully saturated rings. The molecular weight excluding hydrogens is 1030 g/mol. The lowest BCUT2D eigenvalue weighted by Crippen LogP contribution is -2.16. The Hall–Kier alpha value is -5.31. The SMILES string of the molecule is CCOP(=S)(OCC)Oc1c2cc(C(C)(C)C)cc1Cc1cc(C(C)(C)C)cc(c1O)Cc1cc(C(C)(C)C)cc(c1O)Cc1cc(C(C)(C)C)cc(c1O)Cc1cc(C(C)(C)C)cc(c1O)Cc1cc(C(C)(C)C)cc(c1O)C2. The predicted octanol–water partition coefficient (Wildman–Crippen LogP) is 17.5. The first kappa shape index (κ1) is 62.3. The summed E-state index contributed by atoms with van der Waals surface area (Å²) in [6.07, 6.45) is 1.35. The van der Waals surface area contributed by atoms with Gasteiger partial charge in [0.2, 0.25) is 0 Å². The highest BCUT2D eigenvalue weighted by molar-refractivity contribution is 8.07. The van der Waals surface area contributed by atoms with Crippen molar-refractivity contribution in [3.05, 3.63) is 173 Å². The van der Waals surface area contributed by atoms with E-state index in [0.29, 0.717) is 61.4 Å². The normalized spacial score (nSPS) is 14.2. The van der Waals surface area contributed by atoms with Gasteiger partial charge in [-0.2, -0.15) is 0 Å². The van der Waals surface area contributed by atoms with E-state index >= 15 is 0 Å². The summed E-state index contributed by atoms with van der Waals surface area (Å²) in [5.41, 5.74) is 12.2. The van der Waals surface area contributed by atoms with Crippen molar-refractivity contribution in [1.82, 2.24) is 0 Å². The Morgan fingerprint density at radius 1 is 0.312 bits per heavy atom. The van der Waals surface area contributed by atoms with Crippen LogP contribution in [0.1, 0.15) is 239 Å². The van der Waals surface area contributed by atoms with Crippen LogP contribution in [0.3, 0.4) is 0 Å². The maximum absolute atomic E-state index is 12.8. The quantitative estimate of drug-likeness (QED) is 0.103. The minimum Gasteiger partial charge on any atom is -0.507 e. The van der Waals surface area contributed by atoms with Gasteiger partial charge in [0.05, 0.1) is 13.2 Å². The molecular formula is C70H93O8PS. The second-order valence-electron chi connectivity index (χ2n) is 28.8. The predicted molar refractivity (Wildman–Crippen MR) is 334 cm³/mol. The second-order valence-corrected chi connectivity index (χ2v) is 31.7. The van der Waals surface area contributed by atoms with E-state index in [9.17, 15) is 25.5 Å². The average Bonchev–Trinajstić information content (AvgIpc) is 3.30. The van der Waals surface area contributed by atoms with Gasteiger partial charge in [0.1, 0.15) is 34.5 Å². The topological polar surface area (TPSA) is 129 Å². The Balaban J connectivity index is 1.64. The fourth-order valence-electron chi connectivity index (χ4n) is 10.6. The molecule has 0 saturated carbocycles. The molecule has 0 spiro atoms. The van der Waals surface area contributed by atoms with Gasteiger partial charge in [0.25, 0.3) is 0 Å². The molecule has 0 amide bonds. The summed E-state index contributed by atoms with van der Waals surface area (Å²) in [7, 11) is 0. The third kappa shape index (κ3) is 13.9. The van der Waals surface area contributed by atoms with Crippen molar-refractivity contribution in [2.45, 2.75) is 209 Å². The Bertz CT molecular complexity index is 3160. The van der Waals surface area contributed by atoms with Crippen molar-refractivity contribution >= 4 is 18.5 Å². The number of rotatable bonds is 6. The van der Waals surface area contributed by atoms with E-state index in [1.807, 2.05) is 13.8 Å². The second kappa shape index (κ2) is 22.5. The third-order valence-corrected chi connectivity index (χ3v) is 18.3. The van der Waals surface area contributed by atoms with Gasteiger partial charge in [-0.1, -0.05) is 197 Å². The number of hydrogen-bond donors (Lipinski definition) is 5. The molecule has 0 saturated heterocycles. The highest BCUT2D eigenvalue weighted by Gasteiger charge is 2.32. The van der Waals surface area contributed by atoms with Crippen molar-refractivity contribution in [3.63, 3.8) is 0 Å². The van der Waals surface area contributed by atoms with Crippen LogP contribution in [-0.2, 0) is 91.9 Å². The lowest BCUT2D eigenvalue weighted by molar-refractivity contribution is 0.217. The molecule has 0 radical (unpaired) electrons. The van der Waals surface area contributed by atoms with E-state index in [1.54, 1.807) is 0 Å². The van der Waals surface area contributed by atoms with Crippen molar-refractivity contribution < 1.29 is 39.1 Å². The van der Waals surface area contributed by atoms with Crippen LogP contribution in [0.15, 0.2) is 72.8 Å². The molecule has 7 rings (SSSR count). The first-order chi connectivity index (χ1) is 36.7. The summed E-state index contributed by atoms with van der Waals surface area (Å²) in [5.74, 6) is 1.01. The minimum absolute atomic E-state index is 0.105. The van der Waals surface area contributed by atoms with Crippen LogP contribution in [0.5, 0.6) is 34.5 Å². The maximum Gasteiger partial charge on any atom is 0.380 e. The molecule has 6 aromatic rings. The molecule has 12 bridgehead atoms. The number of benzene rings is 6. The highest BCUT2D eigenvalue weighted by atomic mass is 32.5. The van der Waals surface area contributed by atoms with Crippen LogP contribution in [-0.4, -0.2) is 38.7 Å². The number of fused-ring (bicyclic) bond motifs is 12. The van der Waals surface area contributed by atoms with Gasteiger partial charge in [-0.25, -0.2) is 0 Å². The molecule has 1 aliphatic carbocycles. The minimum atomic E-state index is -3.43. The summed E-state index contributed by atoms with van der Waals surface area (Å²) in [5, 5.41) is 63.6. The van der Waals surface area contributed by atoms with Gasteiger partial charge in [0.15, 0.2) is 0 Å². The lowest BCUT2D eigenvalue weighted by atomic mass is 9.79. The monoisotopic (exact) mass is 1120 g/mol. The number of aromatic hydroxyl groups is 5. The molecule has 0 atom stereocenters. The van der Waals surface area contributed by atoms with Crippen LogP contribution in [0.2, 0.25) is 0 Å². The molecule has 0 aliphatic heterocycles. The zero-order valence-electron chi connectivity index (χ0n) is 51.9. The summed E-state index contributed by atoms with van der Waals surface area (Å²) in [4.78, 5) is 0. The van der Waals surface area contributed by atoms with Crippen LogP contribution in [0.25, 0.3) is 0 Å². The van der Waals surface area contributed by atoms with Crippen molar-refractivity contribution in [3.8, 4) is 34.5 Å². The summed E-state index contributed by atoms with van der Waals surface area (Å²) < 4.78 is 19.5. The molecule has 5 N–H and O–H groups in total. The van der Waals surface area contributed by atoms with E-state index in [4.69, 9.17) is 25.4 Å². The van der Waals surface area contributed by atoms with Crippen molar-refractivity contribution in [1.29, 1.82) is 0 Å². The zero-order chi connectivity index (χ0) is 59.6. The molecule has 0 heterocycles. The molecule has 1 aliphatic rings.